The number of thioether (sulfide) groups is 1. The Bertz CT molecular complexity index is 1530. The number of imide groups is 1. The Morgan fingerprint density at radius 2 is 1.75 bits per heavy atom. The molecule has 0 radical (unpaired) electrons. The van der Waals surface area contributed by atoms with Gasteiger partial charge in [-0.15, -0.1) is 0 Å². The van der Waals surface area contributed by atoms with Crippen LogP contribution in [0.3, 0.4) is 0 Å². The van der Waals surface area contributed by atoms with Crippen LogP contribution in [0.1, 0.15) is 59.6 Å². The zero-order valence-electron chi connectivity index (χ0n) is 26.1. The molecule has 0 aliphatic carbocycles. The minimum absolute atomic E-state index is 0.209. The number of fused-ring (bicyclic) bond motifs is 1. The molecule has 8 heteroatoms. The summed E-state index contributed by atoms with van der Waals surface area (Å²) in [6.07, 6.45) is 4.71. The molecule has 3 atom stereocenters. The number of carbonyl (C=O) groups excluding carboxylic acids is 2. The first-order valence-corrected chi connectivity index (χ1v) is 16.5. The molecule has 7 nitrogen and oxygen atoms in total. The average molecular weight is 615 g/mol. The van der Waals surface area contributed by atoms with Crippen LogP contribution < -0.4 is 19.5 Å². The van der Waals surface area contributed by atoms with Crippen LogP contribution in [0.25, 0.3) is 0 Å². The minimum Gasteiger partial charge on any atom is -0.492 e. The second-order valence-corrected chi connectivity index (χ2v) is 13.8. The lowest BCUT2D eigenvalue weighted by molar-refractivity contribution is -0.118. The van der Waals surface area contributed by atoms with Gasteiger partial charge in [0, 0.05) is 18.2 Å². The summed E-state index contributed by atoms with van der Waals surface area (Å²) in [4.78, 5) is 25.9. The summed E-state index contributed by atoms with van der Waals surface area (Å²) < 4.78 is 19.5. The Balaban J connectivity index is 1.06. The van der Waals surface area contributed by atoms with Crippen LogP contribution >= 0.6 is 11.8 Å². The standard InChI is InChI=1S/C36H42N2O5S/c1-23-24(2)33-30(25(3)32(23)42-20-27-9-6-5-7-10-27)16-17-36(4,43-33)22-38-18-8-11-28(38)21-41-29-14-12-26(13-15-29)19-31-34(39)37-35(40)44-31/h5-7,9-10,12-15,28,31H,8,11,16-22H2,1-4H3,(H,37,39,40). The summed E-state index contributed by atoms with van der Waals surface area (Å²) in [5.74, 6) is 2.63. The van der Waals surface area contributed by atoms with E-state index in [2.05, 4.69) is 50.0 Å². The van der Waals surface area contributed by atoms with E-state index in [1.165, 1.54) is 22.3 Å². The fourth-order valence-corrected chi connectivity index (χ4v) is 7.58. The van der Waals surface area contributed by atoms with Gasteiger partial charge in [-0.1, -0.05) is 54.2 Å². The van der Waals surface area contributed by atoms with Gasteiger partial charge in [0.15, 0.2) is 0 Å². The molecule has 2 fully saturated rings. The summed E-state index contributed by atoms with van der Waals surface area (Å²) in [5.41, 5.74) is 6.69. The largest absolute Gasteiger partial charge is 0.492 e. The number of nitrogens with one attached hydrogen (secondary N) is 1. The van der Waals surface area contributed by atoms with Gasteiger partial charge in [-0.05, 0) is 106 Å². The second-order valence-electron chi connectivity index (χ2n) is 12.6. The first kappa shape index (κ1) is 30.5. The highest BCUT2D eigenvalue weighted by atomic mass is 32.2. The van der Waals surface area contributed by atoms with Crippen LogP contribution in [0.15, 0.2) is 54.6 Å². The summed E-state index contributed by atoms with van der Waals surface area (Å²) in [6.45, 7) is 11.8. The van der Waals surface area contributed by atoms with Crippen molar-refractivity contribution >= 4 is 22.9 Å². The van der Waals surface area contributed by atoms with Crippen molar-refractivity contribution in [2.45, 2.75) is 83.3 Å². The quantitative estimate of drug-likeness (QED) is 0.272. The molecule has 3 heterocycles. The lowest BCUT2D eigenvalue weighted by Gasteiger charge is -2.41. The highest BCUT2D eigenvalue weighted by Gasteiger charge is 2.39. The Labute approximate surface area is 264 Å². The fraction of sp³-hybridized carbons (Fsp3) is 0.444. The number of ether oxygens (including phenoxy) is 3. The van der Waals surface area contributed by atoms with E-state index in [1.54, 1.807) is 0 Å². The van der Waals surface area contributed by atoms with Crippen molar-refractivity contribution in [1.29, 1.82) is 0 Å². The number of carbonyl (C=O) groups is 2. The topological polar surface area (TPSA) is 77.1 Å². The van der Waals surface area contributed by atoms with E-state index in [9.17, 15) is 9.59 Å². The highest BCUT2D eigenvalue weighted by molar-refractivity contribution is 8.15. The fourth-order valence-electron chi connectivity index (χ4n) is 6.72. The molecule has 3 aliphatic rings. The smallest absolute Gasteiger partial charge is 0.286 e. The highest BCUT2D eigenvalue weighted by Crippen LogP contribution is 2.44. The molecule has 3 aromatic rings. The van der Waals surface area contributed by atoms with Gasteiger partial charge < -0.3 is 14.2 Å². The van der Waals surface area contributed by atoms with Gasteiger partial charge >= 0.3 is 0 Å². The third-order valence-corrected chi connectivity index (χ3v) is 10.4. The lowest BCUT2D eigenvalue weighted by Crippen LogP contribution is -2.50. The van der Waals surface area contributed by atoms with Crippen LogP contribution in [0.2, 0.25) is 0 Å². The van der Waals surface area contributed by atoms with Crippen LogP contribution in [-0.2, 0) is 24.2 Å². The number of nitrogens with zero attached hydrogens (tertiary/aromatic N) is 1. The van der Waals surface area contributed by atoms with Gasteiger partial charge in [0.25, 0.3) is 5.24 Å². The Morgan fingerprint density at radius 1 is 0.977 bits per heavy atom. The first-order valence-electron chi connectivity index (χ1n) is 15.6. The molecule has 2 saturated heterocycles. The van der Waals surface area contributed by atoms with E-state index < -0.39 is 0 Å². The Hall–Kier alpha value is -3.49. The molecule has 1 N–H and O–H groups in total. The molecule has 0 saturated carbocycles. The van der Waals surface area contributed by atoms with Crippen molar-refractivity contribution in [2.24, 2.45) is 0 Å². The maximum Gasteiger partial charge on any atom is 0.286 e. The number of benzene rings is 3. The van der Waals surface area contributed by atoms with E-state index >= 15 is 0 Å². The van der Waals surface area contributed by atoms with E-state index in [0.29, 0.717) is 25.7 Å². The first-order chi connectivity index (χ1) is 21.2. The summed E-state index contributed by atoms with van der Waals surface area (Å²) >= 11 is 1.06. The van der Waals surface area contributed by atoms with Gasteiger partial charge in [0.2, 0.25) is 5.91 Å². The minimum atomic E-state index is -0.358. The van der Waals surface area contributed by atoms with Crippen LogP contribution in [0.4, 0.5) is 4.79 Å². The van der Waals surface area contributed by atoms with E-state index in [0.717, 1.165) is 78.9 Å². The van der Waals surface area contributed by atoms with Gasteiger partial charge in [-0.3, -0.25) is 19.8 Å². The van der Waals surface area contributed by atoms with Gasteiger partial charge in [-0.2, -0.15) is 0 Å². The molecule has 6 rings (SSSR count). The summed E-state index contributed by atoms with van der Waals surface area (Å²) in [7, 11) is 0. The third kappa shape index (κ3) is 6.61. The number of rotatable bonds is 10. The van der Waals surface area contributed by atoms with Crippen molar-refractivity contribution in [3.8, 4) is 17.2 Å². The maximum atomic E-state index is 11.9. The molecular weight excluding hydrogens is 572 g/mol. The molecule has 3 unspecified atom stereocenters. The molecule has 0 bridgehead atoms. The van der Waals surface area contributed by atoms with Crippen LogP contribution in [0, 0.1) is 20.8 Å². The average Bonchev–Trinajstić information content (AvgIpc) is 3.59. The molecule has 0 aromatic heterocycles. The molecule has 44 heavy (non-hydrogen) atoms. The number of hydrogen-bond acceptors (Lipinski definition) is 7. The molecule has 3 aromatic carbocycles. The molecule has 0 spiro atoms. The van der Waals surface area contributed by atoms with Crippen LogP contribution in [0.5, 0.6) is 17.2 Å². The molecule has 232 valence electrons. The number of likely N-dealkylation sites (tertiary alicyclic amines) is 1. The van der Waals surface area contributed by atoms with Crippen molar-refractivity contribution in [1.82, 2.24) is 10.2 Å². The van der Waals surface area contributed by atoms with E-state index in [1.807, 2.05) is 42.5 Å². The Kier molecular flexibility index (Phi) is 8.92. The molecular formula is C36H42N2O5S. The monoisotopic (exact) mass is 614 g/mol. The maximum absolute atomic E-state index is 11.9. The van der Waals surface area contributed by atoms with Crippen molar-refractivity contribution in [2.75, 3.05) is 19.7 Å². The zero-order valence-corrected chi connectivity index (χ0v) is 26.9. The third-order valence-electron chi connectivity index (χ3n) is 9.38. The SMILES string of the molecule is Cc1c(C)c2c(c(C)c1OCc1ccccc1)CCC(C)(CN1CCCC1COc1ccc(CC3SC(=O)NC3=O)cc1)O2. The predicted octanol–water partition coefficient (Wildman–Crippen LogP) is 6.71. The normalized spacial score (nSPS) is 23.3. The summed E-state index contributed by atoms with van der Waals surface area (Å²) in [5, 5.41) is 1.73. The summed E-state index contributed by atoms with van der Waals surface area (Å²) in [6, 6.07) is 18.5. The van der Waals surface area contributed by atoms with Crippen molar-refractivity contribution < 1.29 is 23.8 Å². The van der Waals surface area contributed by atoms with Crippen molar-refractivity contribution in [3.63, 3.8) is 0 Å². The molecule has 2 amide bonds. The van der Waals surface area contributed by atoms with E-state index in [-0.39, 0.29) is 22.0 Å². The molecule has 3 aliphatic heterocycles. The predicted molar refractivity (Wildman–Crippen MR) is 174 cm³/mol. The van der Waals surface area contributed by atoms with Gasteiger partial charge in [0.1, 0.15) is 36.1 Å². The Morgan fingerprint density at radius 3 is 2.48 bits per heavy atom. The van der Waals surface area contributed by atoms with E-state index in [4.69, 9.17) is 14.2 Å². The number of amides is 2. The number of hydrogen-bond donors (Lipinski definition) is 1. The second kappa shape index (κ2) is 12.9. The van der Waals surface area contributed by atoms with Crippen LogP contribution in [-0.4, -0.2) is 52.6 Å². The zero-order chi connectivity index (χ0) is 30.8. The lowest BCUT2D eigenvalue weighted by atomic mass is 9.86. The van der Waals surface area contributed by atoms with Crippen molar-refractivity contribution in [3.05, 3.63) is 88.0 Å². The van der Waals surface area contributed by atoms with Gasteiger partial charge in [0.05, 0.1) is 5.25 Å². The van der Waals surface area contributed by atoms with Gasteiger partial charge in [-0.25, -0.2) is 0 Å².